The van der Waals surface area contributed by atoms with E-state index in [1.165, 1.54) is 6.92 Å². The Balaban J connectivity index is 4.59. The van der Waals surface area contributed by atoms with Crippen LogP contribution in [0.5, 0.6) is 0 Å². The van der Waals surface area contributed by atoms with Crippen molar-refractivity contribution in [1.29, 1.82) is 0 Å². The van der Waals surface area contributed by atoms with Gasteiger partial charge >= 0.3 is 18.1 Å². The van der Waals surface area contributed by atoms with Crippen molar-refractivity contribution in [3.05, 3.63) is 0 Å². The molecule has 0 saturated carbocycles. The molecule has 0 fully saturated rings. The van der Waals surface area contributed by atoms with E-state index < -0.39 is 38.6 Å². The average molecular weight is 292 g/mol. The Hall–Kier alpha value is -1.08. The second kappa shape index (κ2) is 7.38. The van der Waals surface area contributed by atoms with Crippen LogP contribution in [0.1, 0.15) is 13.8 Å². The van der Waals surface area contributed by atoms with Crippen molar-refractivity contribution < 1.29 is 41.3 Å². The molecule has 0 spiro atoms. The van der Waals surface area contributed by atoms with E-state index in [-0.39, 0.29) is 6.61 Å². The monoisotopic (exact) mass is 292 g/mol. The van der Waals surface area contributed by atoms with Crippen LogP contribution in [0.15, 0.2) is 0 Å². The molecule has 0 radical (unpaired) electrons. The Morgan fingerprint density at radius 3 is 2.28 bits per heavy atom. The van der Waals surface area contributed by atoms with Gasteiger partial charge < -0.3 is 14.0 Å². The van der Waals surface area contributed by atoms with Crippen LogP contribution in [-0.2, 0) is 28.2 Å². The smallest absolute Gasteiger partial charge is 0.422 e. The molecular weight excluding hydrogens is 280 g/mol. The number of hydrogen-bond acceptors (Lipinski definition) is 6. The molecule has 6 nitrogen and oxygen atoms in total. The van der Waals surface area contributed by atoms with Crippen LogP contribution in [0.2, 0.25) is 0 Å². The number of alkyl halides is 3. The van der Waals surface area contributed by atoms with Gasteiger partial charge in [-0.25, -0.2) is 4.79 Å². The summed E-state index contributed by atoms with van der Waals surface area (Å²) in [6, 6.07) is 0. The lowest BCUT2D eigenvalue weighted by atomic mass is 10.6. The Bertz CT molecular complexity index is 329. The summed E-state index contributed by atoms with van der Waals surface area (Å²) in [4.78, 5) is 21.8. The Morgan fingerprint density at radius 2 is 1.89 bits per heavy atom. The standard InChI is InChI=1S/C8H12F3O6P/c1-3-16-18(14)7(17-5(2)12)6(13)15-4-8(9,10)11/h7,18H,3-4H2,1-2H3. The van der Waals surface area contributed by atoms with Crippen LogP contribution in [0, 0.1) is 0 Å². The Morgan fingerprint density at radius 1 is 1.33 bits per heavy atom. The van der Waals surface area contributed by atoms with Crippen LogP contribution < -0.4 is 0 Å². The molecule has 0 aromatic carbocycles. The van der Waals surface area contributed by atoms with Crippen molar-refractivity contribution in [2.75, 3.05) is 13.2 Å². The van der Waals surface area contributed by atoms with E-state index in [9.17, 15) is 27.3 Å². The zero-order chi connectivity index (χ0) is 14.3. The van der Waals surface area contributed by atoms with Gasteiger partial charge in [0.1, 0.15) is 0 Å². The second-order valence-corrected chi connectivity index (χ2v) is 4.42. The number of rotatable bonds is 6. The Labute approximate surface area is 101 Å². The minimum atomic E-state index is -4.72. The number of carbonyl (C=O) groups is 2. The van der Waals surface area contributed by atoms with Gasteiger partial charge in [0, 0.05) is 6.92 Å². The third-order valence-corrected chi connectivity index (χ3v) is 2.73. The summed E-state index contributed by atoms with van der Waals surface area (Å²) in [5.41, 5.74) is 0. The maximum absolute atomic E-state index is 11.8. The lowest BCUT2D eigenvalue weighted by molar-refractivity contribution is -0.191. The van der Waals surface area contributed by atoms with E-state index in [2.05, 4.69) is 14.0 Å². The van der Waals surface area contributed by atoms with Gasteiger partial charge in [-0.1, -0.05) is 0 Å². The van der Waals surface area contributed by atoms with E-state index in [1.54, 1.807) is 0 Å². The zero-order valence-electron chi connectivity index (χ0n) is 9.57. The maximum Gasteiger partial charge on any atom is 0.422 e. The summed E-state index contributed by atoms with van der Waals surface area (Å²) in [5, 5.41) is 0. The molecule has 0 bridgehead atoms. The number of hydrogen-bond donors (Lipinski definition) is 0. The van der Waals surface area contributed by atoms with Gasteiger partial charge in [-0.05, 0) is 6.92 Å². The summed E-state index contributed by atoms with van der Waals surface area (Å²) < 4.78 is 59.5. The van der Waals surface area contributed by atoms with E-state index in [4.69, 9.17) is 0 Å². The molecule has 0 amide bonds. The average Bonchev–Trinajstić information content (AvgIpc) is 2.21. The predicted octanol–water partition coefficient (Wildman–Crippen LogP) is 1.49. The zero-order valence-corrected chi connectivity index (χ0v) is 10.6. The molecule has 2 unspecified atom stereocenters. The van der Waals surface area contributed by atoms with Gasteiger partial charge in [0.25, 0.3) is 5.85 Å². The fourth-order valence-corrected chi connectivity index (χ4v) is 1.78. The van der Waals surface area contributed by atoms with E-state index in [1.807, 2.05) is 0 Å². The van der Waals surface area contributed by atoms with Crippen LogP contribution in [-0.4, -0.2) is 37.2 Å². The molecule has 0 aromatic rings. The van der Waals surface area contributed by atoms with E-state index >= 15 is 0 Å². The van der Waals surface area contributed by atoms with Crippen LogP contribution >= 0.6 is 8.03 Å². The molecular formula is C8H12F3O6P. The molecule has 0 aliphatic carbocycles. The lowest BCUT2D eigenvalue weighted by Crippen LogP contribution is -2.29. The normalized spacial score (nSPS) is 14.7. The predicted molar refractivity (Wildman–Crippen MR) is 53.2 cm³/mol. The second-order valence-electron chi connectivity index (χ2n) is 2.96. The largest absolute Gasteiger partial charge is 0.453 e. The molecule has 0 N–H and O–H groups in total. The summed E-state index contributed by atoms with van der Waals surface area (Å²) in [6.07, 6.45) is -4.72. The number of carbonyl (C=O) groups excluding carboxylic acids is 2. The summed E-state index contributed by atoms with van der Waals surface area (Å²) in [5.74, 6) is -4.50. The van der Waals surface area contributed by atoms with Crippen LogP contribution in [0.25, 0.3) is 0 Å². The van der Waals surface area contributed by atoms with E-state index in [0.29, 0.717) is 0 Å². The summed E-state index contributed by atoms with van der Waals surface area (Å²) in [7, 11) is -3.17. The molecule has 0 aromatic heterocycles. The summed E-state index contributed by atoms with van der Waals surface area (Å²) >= 11 is 0. The van der Waals surface area contributed by atoms with Crippen molar-refractivity contribution in [3.63, 3.8) is 0 Å². The number of ether oxygens (including phenoxy) is 2. The first-order valence-corrected chi connectivity index (χ1v) is 6.14. The molecule has 0 saturated heterocycles. The highest BCUT2D eigenvalue weighted by atomic mass is 31.1. The molecule has 2 atom stereocenters. The van der Waals surface area contributed by atoms with Crippen LogP contribution in [0.3, 0.4) is 0 Å². The third kappa shape index (κ3) is 7.29. The maximum atomic E-state index is 11.8. The lowest BCUT2D eigenvalue weighted by Gasteiger charge is -2.16. The Kier molecular flexibility index (Phi) is 6.93. The fourth-order valence-electron chi connectivity index (χ4n) is 0.805. The minimum Gasteiger partial charge on any atom is -0.453 e. The first kappa shape index (κ1) is 16.9. The molecule has 0 rings (SSSR count). The van der Waals surface area contributed by atoms with Gasteiger partial charge in [-0.15, -0.1) is 0 Å². The number of esters is 2. The van der Waals surface area contributed by atoms with Crippen LogP contribution in [0.4, 0.5) is 13.2 Å². The topological polar surface area (TPSA) is 78.9 Å². The minimum absolute atomic E-state index is 0.0535. The van der Waals surface area contributed by atoms with Crippen molar-refractivity contribution in [1.82, 2.24) is 0 Å². The van der Waals surface area contributed by atoms with Crippen molar-refractivity contribution in [2.45, 2.75) is 25.9 Å². The highest BCUT2D eigenvalue weighted by Gasteiger charge is 2.35. The molecule has 0 aliphatic heterocycles. The highest BCUT2D eigenvalue weighted by molar-refractivity contribution is 7.41. The number of halogens is 3. The SMILES string of the molecule is CCO[PH](=O)C(OC(C)=O)C(=O)OCC(F)(F)F. The fraction of sp³-hybridized carbons (Fsp3) is 0.750. The van der Waals surface area contributed by atoms with Crippen molar-refractivity contribution >= 4 is 20.0 Å². The molecule has 106 valence electrons. The highest BCUT2D eigenvalue weighted by Crippen LogP contribution is 2.31. The first-order valence-electron chi connectivity index (χ1n) is 4.74. The molecule has 0 aliphatic rings. The van der Waals surface area contributed by atoms with Gasteiger partial charge in [-0.2, -0.15) is 13.2 Å². The third-order valence-electron chi connectivity index (χ3n) is 1.38. The molecule has 10 heteroatoms. The first-order chi connectivity index (χ1) is 8.17. The quantitative estimate of drug-likeness (QED) is 0.545. The van der Waals surface area contributed by atoms with Gasteiger partial charge in [0.2, 0.25) is 8.03 Å². The van der Waals surface area contributed by atoms with Crippen molar-refractivity contribution in [2.24, 2.45) is 0 Å². The molecule has 0 heterocycles. The van der Waals surface area contributed by atoms with Gasteiger partial charge in [0.05, 0.1) is 6.61 Å². The van der Waals surface area contributed by atoms with Gasteiger partial charge in [-0.3, -0.25) is 9.36 Å². The van der Waals surface area contributed by atoms with Gasteiger partial charge in [0.15, 0.2) is 6.61 Å². The van der Waals surface area contributed by atoms with E-state index in [0.717, 1.165) is 6.92 Å². The van der Waals surface area contributed by atoms with Crippen molar-refractivity contribution in [3.8, 4) is 0 Å². The molecule has 18 heavy (non-hydrogen) atoms. The summed E-state index contributed by atoms with van der Waals surface area (Å²) in [6.45, 7) is 0.451.